The van der Waals surface area contributed by atoms with Gasteiger partial charge in [0.25, 0.3) is 0 Å². The van der Waals surface area contributed by atoms with Gasteiger partial charge in [0.15, 0.2) is 0 Å². The first kappa shape index (κ1) is 26.8. The van der Waals surface area contributed by atoms with Crippen molar-refractivity contribution in [3.8, 4) is 0 Å². The lowest BCUT2D eigenvalue weighted by Crippen LogP contribution is -2.59. The van der Waals surface area contributed by atoms with Gasteiger partial charge < -0.3 is 36.9 Å². The highest BCUT2D eigenvalue weighted by atomic mass is 16.4. The van der Waals surface area contributed by atoms with Crippen LogP contribution in [0.1, 0.15) is 33.3 Å². The quantitative estimate of drug-likeness (QED) is 0.231. The van der Waals surface area contributed by atoms with Gasteiger partial charge in [-0.25, -0.2) is 4.79 Å². The number of aliphatic hydroxyl groups is 1. The van der Waals surface area contributed by atoms with Crippen LogP contribution in [-0.2, 0) is 25.6 Å². The molecule has 11 nitrogen and oxygen atoms in total. The fourth-order valence-corrected chi connectivity index (χ4v) is 3.34. The van der Waals surface area contributed by atoms with Crippen LogP contribution >= 0.6 is 0 Å². The van der Waals surface area contributed by atoms with Gasteiger partial charge in [-0.05, 0) is 31.4 Å². The van der Waals surface area contributed by atoms with Crippen LogP contribution in [0.2, 0.25) is 0 Å². The van der Waals surface area contributed by atoms with Crippen LogP contribution in [0.5, 0.6) is 0 Å². The topological polar surface area (TPSA) is 187 Å². The molecule has 0 spiro atoms. The van der Waals surface area contributed by atoms with Crippen LogP contribution in [0.3, 0.4) is 0 Å². The van der Waals surface area contributed by atoms with Crippen molar-refractivity contribution in [1.82, 2.24) is 20.9 Å². The predicted octanol–water partition coefficient (Wildman–Crippen LogP) is -0.367. The number of para-hydroxylation sites is 1. The number of nitrogens with two attached hydrogens (primary N) is 1. The fourth-order valence-electron chi connectivity index (χ4n) is 3.34. The van der Waals surface area contributed by atoms with Crippen LogP contribution in [0.15, 0.2) is 30.5 Å². The number of carboxylic acid groups (broad SMARTS) is 1. The van der Waals surface area contributed by atoms with E-state index in [2.05, 4.69) is 20.9 Å². The number of benzene rings is 1. The molecule has 0 radical (unpaired) electrons. The van der Waals surface area contributed by atoms with Crippen molar-refractivity contribution in [2.24, 2.45) is 11.7 Å². The van der Waals surface area contributed by atoms with E-state index in [1.54, 1.807) is 20.0 Å². The molecule has 186 valence electrons. The number of aliphatic carboxylic acids is 1. The molecule has 2 aromatic rings. The Morgan fingerprint density at radius 2 is 1.62 bits per heavy atom. The van der Waals surface area contributed by atoms with Crippen molar-refractivity contribution in [1.29, 1.82) is 0 Å². The molecule has 34 heavy (non-hydrogen) atoms. The second kappa shape index (κ2) is 11.6. The van der Waals surface area contributed by atoms with E-state index in [9.17, 15) is 29.4 Å². The predicted molar refractivity (Wildman–Crippen MR) is 126 cm³/mol. The summed E-state index contributed by atoms with van der Waals surface area (Å²) in [5.41, 5.74) is 7.30. The van der Waals surface area contributed by atoms with Crippen LogP contribution in [-0.4, -0.2) is 69.2 Å². The molecule has 0 aliphatic carbocycles. The number of hydrogen-bond acceptors (Lipinski definition) is 6. The van der Waals surface area contributed by atoms with E-state index < -0.39 is 54.0 Å². The molecule has 0 saturated heterocycles. The van der Waals surface area contributed by atoms with Gasteiger partial charge in [-0.15, -0.1) is 0 Å². The average Bonchev–Trinajstić information content (AvgIpc) is 3.18. The molecule has 0 saturated carbocycles. The highest BCUT2D eigenvalue weighted by Crippen LogP contribution is 2.19. The first-order chi connectivity index (χ1) is 15.9. The van der Waals surface area contributed by atoms with E-state index in [4.69, 9.17) is 5.73 Å². The zero-order valence-electron chi connectivity index (χ0n) is 19.7. The van der Waals surface area contributed by atoms with Crippen molar-refractivity contribution >= 4 is 34.6 Å². The summed E-state index contributed by atoms with van der Waals surface area (Å²) in [5, 5.41) is 27.8. The zero-order chi connectivity index (χ0) is 25.6. The van der Waals surface area contributed by atoms with Crippen molar-refractivity contribution in [2.45, 2.75) is 64.4 Å². The number of aliphatic hydroxyl groups excluding tert-OH is 1. The minimum atomic E-state index is -1.43. The molecule has 1 heterocycles. The normalized spacial score (nSPS) is 15.7. The summed E-state index contributed by atoms with van der Waals surface area (Å²) in [7, 11) is 0. The van der Waals surface area contributed by atoms with Gasteiger partial charge in [-0.1, -0.05) is 32.0 Å². The molecular formula is C23H33N5O6. The van der Waals surface area contributed by atoms with E-state index in [0.29, 0.717) is 5.56 Å². The third kappa shape index (κ3) is 6.78. The van der Waals surface area contributed by atoms with E-state index in [1.807, 2.05) is 24.3 Å². The van der Waals surface area contributed by atoms with Gasteiger partial charge in [-0.3, -0.25) is 14.4 Å². The first-order valence-corrected chi connectivity index (χ1v) is 11.0. The number of rotatable bonds is 11. The highest BCUT2D eigenvalue weighted by Gasteiger charge is 2.32. The van der Waals surface area contributed by atoms with Gasteiger partial charge in [0.1, 0.15) is 18.1 Å². The Morgan fingerprint density at radius 3 is 2.21 bits per heavy atom. The first-order valence-electron chi connectivity index (χ1n) is 11.0. The lowest BCUT2D eigenvalue weighted by atomic mass is 10.0. The lowest BCUT2D eigenvalue weighted by Gasteiger charge is -2.25. The van der Waals surface area contributed by atoms with Crippen LogP contribution in [0.25, 0.3) is 10.9 Å². The Kier molecular flexibility index (Phi) is 9.16. The van der Waals surface area contributed by atoms with Crippen molar-refractivity contribution < 1.29 is 29.4 Å². The lowest BCUT2D eigenvalue weighted by molar-refractivity contribution is -0.143. The summed E-state index contributed by atoms with van der Waals surface area (Å²) in [4.78, 5) is 52.3. The van der Waals surface area contributed by atoms with E-state index in [1.165, 1.54) is 13.8 Å². The van der Waals surface area contributed by atoms with Gasteiger partial charge in [-0.2, -0.15) is 0 Å². The monoisotopic (exact) mass is 475 g/mol. The standard InChI is InChI=1S/C23H33N5O6/c1-11(2)18(24)21(31)26-12(3)20(30)28-19(13(4)29)22(32)27-17(23(33)34)9-14-10-25-16-8-6-5-7-15(14)16/h5-8,10-13,17-19,25,29H,9,24H2,1-4H3,(H,26,31)(H,27,32)(H,28,30)(H,33,34). The Balaban J connectivity index is 2.07. The number of fused-ring (bicyclic) bond motifs is 1. The maximum absolute atomic E-state index is 12.8. The smallest absolute Gasteiger partial charge is 0.326 e. The van der Waals surface area contributed by atoms with Gasteiger partial charge in [0, 0.05) is 23.5 Å². The molecule has 5 unspecified atom stereocenters. The molecule has 2 rings (SSSR count). The van der Waals surface area contributed by atoms with Crippen LogP contribution < -0.4 is 21.7 Å². The van der Waals surface area contributed by atoms with Gasteiger partial charge >= 0.3 is 5.97 Å². The molecule has 1 aromatic carbocycles. The molecule has 0 aliphatic heterocycles. The largest absolute Gasteiger partial charge is 0.480 e. The summed E-state index contributed by atoms with van der Waals surface area (Å²) >= 11 is 0. The minimum Gasteiger partial charge on any atom is -0.480 e. The third-order valence-corrected chi connectivity index (χ3v) is 5.55. The number of nitrogens with one attached hydrogen (secondary N) is 4. The summed E-state index contributed by atoms with van der Waals surface area (Å²) < 4.78 is 0. The molecule has 0 aliphatic rings. The molecule has 0 bridgehead atoms. The highest BCUT2D eigenvalue weighted by molar-refractivity contribution is 5.94. The molecular weight excluding hydrogens is 442 g/mol. The van der Waals surface area contributed by atoms with Gasteiger partial charge in [0.05, 0.1) is 12.1 Å². The molecule has 1 aromatic heterocycles. The summed E-state index contributed by atoms with van der Waals surface area (Å²) in [5.74, 6) is -3.53. The molecule has 8 N–H and O–H groups in total. The number of carbonyl (C=O) groups excluding carboxylic acids is 3. The van der Waals surface area contributed by atoms with E-state index >= 15 is 0 Å². The average molecular weight is 476 g/mol. The number of hydrogen-bond donors (Lipinski definition) is 7. The maximum atomic E-state index is 12.8. The summed E-state index contributed by atoms with van der Waals surface area (Å²) in [6, 6.07) is 2.76. The SMILES string of the molecule is CC(NC(=O)C(N)C(C)C)C(=O)NC(C(=O)NC(Cc1c[nH]c2ccccc12)C(=O)O)C(C)O. The Bertz CT molecular complexity index is 1030. The number of aromatic amines is 1. The number of amides is 3. The number of carboxylic acids is 1. The number of aromatic nitrogens is 1. The summed E-state index contributed by atoms with van der Waals surface area (Å²) in [6.45, 7) is 6.22. The Morgan fingerprint density at radius 1 is 0.971 bits per heavy atom. The maximum Gasteiger partial charge on any atom is 0.326 e. The summed E-state index contributed by atoms with van der Waals surface area (Å²) in [6.07, 6.45) is 0.338. The third-order valence-electron chi connectivity index (χ3n) is 5.55. The minimum absolute atomic E-state index is 0.00882. The Labute approximate surface area is 197 Å². The molecule has 5 atom stereocenters. The van der Waals surface area contributed by atoms with Gasteiger partial charge in [0.2, 0.25) is 17.7 Å². The number of carbonyl (C=O) groups is 4. The van der Waals surface area contributed by atoms with Crippen molar-refractivity contribution in [3.05, 3.63) is 36.0 Å². The van der Waals surface area contributed by atoms with Crippen molar-refractivity contribution in [2.75, 3.05) is 0 Å². The molecule has 11 heteroatoms. The van der Waals surface area contributed by atoms with Crippen molar-refractivity contribution in [3.63, 3.8) is 0 Å². The zero-order valence-corrected chi connectivity index (χ0v) is 19.7. The van der Waals surface area contributed by atoms with E-state index in [0.717, 1.165) is 10.9 Å². The second-order valence-corrected chi connectivity index (χ2v) is 8.69. The Hall–Kier alpha value is -3.44. The van der Waals surface area contributed by atoms with E-state index in [-0.39, 0.29) is 12.3 Å². The number of H-pyrrole nitrogens is 1. The fraction of sp³-hybridized carbons (Fsp3) is 0.478. The van der Waals surface area contributed by atoms with Crippen LogP contribution in [0, 0.1) is 5.92 Å². The van der Waals surface area contributed by atoms with Crippen LogP contribution in [0.4, 0.5) is 0 Å². The second-order valence-electron chi connectivity index (χ2n) is 8.69. The molecule has 0 fully saturated rings. The molecule has 3 amide bonds.